The zero-order chi connectivity index (χ0) is 10.7. The molecule has 0 aliphatic rings. The van der Waals surface area contributed by atoms with Crippen molar-refractivity contribution in [3.05, 3.63) is 0 Å². The van der Waals surface area contributed by atoms with Gasteiger partial charge in [0.05, 0.1) is 0 Å². The Balaban J connectivity index is 3.78. The highest BCUT2D eigenvalue weighted by atomic mass is 28.4. The van der Waals surface area contributed by atoms with Crippen LogP contribution in [0.5, 0.6) is 0 Å². The first-order chi connectivity index (χ1) is 5.60. The van der Waals surface area contributed by atoms with Gasteiger partial charge in [0.25, 0.3) is 0 Å². The number of rotatable bonds is 3. The quantitative estimate of drug-likeness (QED) is 0.522. The van der Waals surface area contributed by atoms with Crippen LogP contribution in [0, 0.1) is 0 Å². The summed E-state index contributed by atoms with van der Waals surface area (Å²) < 4.78 is 10.5. The maximum atomic E-state index is 11.2. The lowest BCUT2D eigenvalue weighted by molar-refractivity contribution is -0.157. The van der Waals surface area contributed by atoms with Gasteiger partial charge < -0.3 is 9.16 Å². The Morgan fingerprint density at radius 1 is 1.23 bits per heavy atom. The molecule has 3 nitrogen and oxygen atoms in total. The molecule has 0 aliphatic heterocycles. The van der Waals surface area contributed by atoms with Crippen molar-refractivity contribution in [1.29, 1.82) is 0 Å². The van der Waals surface area contributed by atoms with Gasteiger partial charge in [-0.15, -0.1) is 0 Å². The number of carbonyl (C=O) groups excluding carboxylic acids is 1. The second kappa shape index (κ2) is 4.24. The Kier molecular flexibility index (Phi) is 4.12. The Labute approximate surface area is 81.6 Å². The fourth-order valence-electron chi connectivity index (χ4n) is 0.646. The molecule has 0 aromatic carbocycles. The average molecular weight is 204 g/mol. The second-order valence-electron chi connectivity index (χ2n) is 4.99. The third kappa shape index (κ3) is 9.56. The molecular formula is C9H20O3Si. The Morgan fingerprint density at radius 3 is 2.00 bits per heavy atom. The lowest BCUT2D eigenvalue weighted by Crippen LogP contribution is -2.32. The van der Waals surface area contributed by atoms with E-state index in [1.165, 1.54) is 0 Å². The maximum absolute atomic E-state index is 11.2. The highest BCUT2D eigenvalue weighted by Crippen LogP contribution is 2.08. The fraction of sp³-hybridized carbons (Fsp3) is 0.889. The highest BCUT2D eigenvalue weighted by Gasteiger charge is 2.20. The van der Waals surface area contributed by atoms with Gasteiger partial charge in [0, 0.05) is 0 Å². The lowest BCUT2D eigenvalue weighted by Gasteiger charge is -2.22. The molecule has 0 fully saturated rings. The van der Waals surface area contributed by atoms with Gasteiger partial charge in [-0.1, -0.05) is 0 Å². The monoisotopic (exact) mass is 204 g/mol. The van der Waals surface area contributed by atoms with Crippen LogP contribution in [0.4, 0.5) is 0 Å². The smallest absolute Gasteiger partial charge is 0.331 e. The van der Waals surface area contributed by atoms with E-state index in [9.17, 15) is 4.79 Å². The standard InChI is InChI=1S/C9H20O3Si/c1-9(2,3)12-8(10)7-11-13(4,5)6/h7H2,1-6H3. The average Bonchev–Trinajstić information content (AvgIpc) is 1.78. The van der Waals surface area contributed by atoms with Crippen molar-refractivity contribution in [2.45, 2.75) is 46.0 Å². The summed E-state index contributed by atoms with van der Waals surface area (Å²) in [5, 5.41) is 0. The van der Waals surface area contributed by atoms with Crippen molar-refractivity contribution in [1.82, 2.24) is 0 Å². The van der Waals surface area contributed by atoms with Gasteiger partial charge in [0.1, 0.15) is 12.2 Å². The number of carbonyl (C=O) groups is 1. The molecule has 0 bridgehead atoms. The van der Waals surface area contributed by atoms with Gasteiger partial charge in [-0.25, -0.2) is 4.79 Å². The van der Waals surface area contributed by atoms with Gasteiger partial charge in [0.15, 0.2) is 8.32 Å². The van der Waals surface area contributed by atoms with E-state index in [1.807, 2.05) is 40.4 Å². The van der Waals surface area contributed by atoms with Crippen LogP contribution in [0.15, 0.2) is 0 Å². The van der Waals surface area contributed by atoms with E-state index in [4.69, 9.17) is 9.16 Å². The largest absolute Gasteiger partial charge is 0.458 e. The van der Waals surface area contributed by atoms with E-state index in [1.54, 1.807) is 0 Å². The SMILES string of the molecule is CC(C)(C)OC(=O)CO[Si](C)(C)C. The lowest BCUT2D eigenvalue weighted by atomic mass is 10.2. The molecule has 0 saturated carbocycles. The van der Waals surface area contributed by atoms with Crippen LogP contribution < -0.4 is 0 Å². The molecule has 0 radical (unpaired) electrons. The minimum Gasteiger partial charge on any atom is -0.458 e. The van der Waals surface area contributed by atoms with Crippen molar-refractivity contribution in [2.24, 2.45) is 0 Å². The summed E-state index contributed by atoms with van der Waals surface area (Å²) in [6.07, 6.45) is 0. The fourth-order valence-corrected chi connectivity index (χ4v) is 1.20. The van der Waals surface area contributed by atoms with Crippen molar-refractivity contribution in [3.8, 4) is 0 Å². The van der Waals surface area contributed by atoms with Crippen LogP contribution in [0.2, 0.25) is 19.6 Å². The molecule has 0 spiro atoms. The molecule has 4 heteroatoms. The molecule has 0 unspecified atom stereocenters. The van der Waals surface area contributed by atoms with E-state index >= 15 is 0 Å². The molecule has 13 heavy (non-hydrogen) atoms. The summed E-state index contributed by atoms with van der Waals surface area (Å²) in [6.45, 7) is 11.7. The predicted molar refractivity (Wildman–Crippen MR) is 55.1 cm³/mol. The van der Waals surface area contributed by atoms with Crippen LogP contribution in [0.25, 0.3) is 0 Å². The van der Waals surface area contributed by atoms with E-state index in [2.05, 4.69) is 0 Å². The summed E-state index contributed by atoms with van der Waals surface area (Å²) in [5.74, 6) is -0.282. The normalized spacial score (nSPS) is 12.8. The van der Waals surface area contributed by atoms with Gasteiger partial charge in [0.2, 0.25) is 0 Å². The zero-order valence-corrected chi connectivity index (χ0v) is 10.4. The Bertz CT molecular complexity index is 176. The van der Waals surface area contributed by atoms with Gasteiger partial charge in [-0.2, -0.15) is 0 Å². The van der Waals surface area contributed by atoms with Crippen LogP contribution in [0.3, 0.4) is 0 Å². The minimum absolute atomic E-state index is 0.0764. The molecule has 0 amide bonds. The third-order valence-electron chi connectivity index (χ3n) is 1.04. The van der Waals surface area contributed by atoms with E-state index < -0.39 is 13.9 Å². The first kappa shape index (κ1) is 12.6. The molecule has 0 N–H and O–H groups in total. The number of hydrogen-bond donors (Lipinski definition) is 0. The van der Waals surface area contributed by atoms with Crippen LogP contribution in [-0.2, 0) is 14.0 Å². The van der Waals surface area contributed by atoms with Crippen LogP contribution in [0.1, 0.15) is 20.8 Å². The first-order valence-corrected chi connectivity index (χ1v) is 7.87. The zero-order valence-electron chi connectivity index (χ0n) is 9.43. The summed E-state index contributed by atoms with van der Waals surface area (Å²) in [6, 6.07) is 0. The molecule has 0 aromatic rings. The van der Waals surface area contributed by atoms with E-state index in [0.717, 1.165) is 0 Å². The summed E-state index contributed by atoms with van der Waals surface area (Å²) in [5.41, 5.74) is -0.417. The number of ether oxygens (including phenoxy) is 1. The van der Waals surface area contributed by atoms with Crippen LogP contribution in [-0.4, -0.2) is 26.5 Å². The number of esters is 1. The van der Waals surface area contributed by atoms with Gasteiger partial charge in [-0.3, -0.25) is 0 Å². The second-order valence-corrected chi connectivity index (χ2v) is 9.50. The summed E-state index contributed by atoms with van der Waals surface area (Å²) in [7, 11) is -1.60. The predicted octanol–water partition coefficient (Wildman–Crippen LogP) is 2.18. The molecular weight excluding hydrogens is 184 g/mol. The molecule has 78 valence electrons. The number of hydrogen-bond acceptors (Lipinski definition) is 3. The van der Waals surface area contributed by atoms with Crippen molar-refractivity contribution < 1.29 is 14.0 Å². The molecule has 0 saturated heterocycles. The molecule has 0 aliphatic carbocycles. The Morgan fingerprint density at radius 2 is 1.69 bits per heavy atom. The molecule has 0 atom stereocenters. The minimum atomic E-state index is -1.60. The molecule has 0 heterocycles. The van der Waals surface area contributed by atoms with Crippen molar-refractivity contribution in [2.75, 3.05) is 6.61 Å². The summed E-state index contributed by atoms with van der Waals surface area (Å²) in [4.78, 5) is 11.2. The van der Waals surface area contributed by atoms with E-state index in [-0.39, 0.29) is 12.6 Å². The first-order valence-electron chi connectivity index (χ1n) is 4.46. The highest BCUT2D eigenvalue weighted by molar-refractivity contribution is 6.69. The van der Waals surface area contributed by atoms with Crippen LogP contribution >= 0.6 is 0 Å². The van der Waals surface area contributed by atoms with Gasteiger partial charge >= 0.3 is 5.97 Å². The third-order valence-corrected chi connectivity index (χ3v) is 2.05. The summed E-state index contributed by atoms with van der Waals surface area (Å²) >= 11 is 0. The maximum Gasteiger partial charge on any atom is 0.331 e. The topological polar surface area (TPSA) is 35.5 Å². The van der Waals surface area contributed by atoms with Gasteiger partial charge in [-0.05, 0) is 40.4 Å². The Hall–Kier alpha value is -0.353. The molecule has 0 aromatic heterocycles. The van der Waals surface area contributed by atoms with E-state index in [0.29, 0.717) is 0 Å². The van der Waals surface area contributed by atoms with Crippen molar-refractivity contribution in [3.63, 3.8) is 0 Å². The molecule has 0 rings (SSSR count). The van der Waals surface area contributed by atoms with Crippen molar-refractivity contribution >= 4 is 14.3 Å².